The standard InChI is InChI=1S/C58H111NO5/c1-3-5-7-9-11-13-14-15-16-17-23-26-29-32-36-40-44-48-52-58(63)64-53-49-45-41-37-33-30-27-24-21-19-18-20-22-25-28-31-35-39-43-47-51-57(62)59-55(54-60)56(61)50-46-42-38-34-12-10-8-6-4-2/h16-17,46,50,55-56,60-61H,3-15,18-45,47-49,51-54H2,1-2H3,(H,59,62)/b17-16-,50-46+. The number of unbranched alkanes of at least 4 members (excludes halogenated alkanes) is 40. The molecule has 0 radical (unpaired) electrons. The minimum absolute atomic E-state index is 0.00684. The van der Waals surface area contributed by atoms with Crippen LogP contribution in [0, 0.1) is 0 Å². The van der Waals surface area contributed by atoms with Gasteiger partial charge < -0.3 is 20.3 Å². The molecule has 0 rings (SSSR count). The monoisotopic (exact) mass is 902 g/mol. The molecule has 0 aromatic carbocycles. The highest BCUT2D eigenvalue weighted by atomic mass is 16.5. The van der Waals surface area contributed by atoms with Gasteiger partial charge in [-0.2, -0.15) is 0 Å². The molecule has 378 valence electrons. The molecule has 64 heavy (non-hydrogen) atoms. The molecule has 2 unspecified atom stereocenters. The molecule has 3 N–H and O–H groups in total. The molecule has 0 aliphatic carbocycles. The van der Waals surface area contributed by atoms with E-state index in [0.717, 1.165) is 44.9 Å². The fraction of sp³-hybridized carbons (Fsp3) is 0.897. The first-order valence-corrected chi connectivity index (χ1v) is 28.6. The van der Waals surface area contributed by atoms with E-state index >= 15 is 0 Å². The van der Waals surface area contributed by atoms with E-state index in [1.807, 2.05) is 6.08 Å². The third kappa shape index (κ3) is 49.8. The van der Waals surface area contributed by atoms with Crippen LogP contribution in [0.2, 0.25) is 0 Å². The van der Waals surface area contributed by atoms with Gasteiger partial charge in [0.25, 0.3) is 0 Å². The number of aliphatic hydroxyl groups is 2. The predicted molar refractivity (Wildman–Crippen MR) is 278 cm³/mol. The number of amides is 1. The molecule has 0 saturated carbocycles. The lowest BCUT2D eigenvalue weighted by molar-refractivity contribution is -0.143. The Balaban J connectivity index is 3.36. The minimum Gasteiger partial charge on any atom is -0.466 e. The van der Waals surface area contributed by atoms with Crippen LogP contribution >= 0.6 is 0 Å². The van der Waals surface area contributed by atoms with Gasteiger partial charge in [0.15, 0.2) is 0 Å². The van der Waals surface area contributed by atoms with Crippen LogP contribution in [-0.4, -0.2) is 47.4 Å². The molecular formula is C58H111NO5. The molecule has 0 aliphatic heterocycles. The highest BCUT2D eigenvalue weighted by Gasteiger charge is 2.18. The van der Waals surface area contributed by atoms with Gasteiger partial charge in [0.1, 0.15) is 0 Å². The maximum absolute atomic E-state index is 12.4. The van der Waals surface area contributed by atoms with Crippen LogP contribution in [0.3, 0.4) is 0 Å². The molecule has 0 spiro atoms. The average molecular weight is 903 g/mol. The third-order valence-corrected chi connectivity index (χ3v) is 13.2. The summed E-state index contributed by atoms with van der Waals surface area (Å²) < 4.78 is 5.49. The molecular weight excluding hydrogens is 791 g/mol. The lowest BCUT2D eigenvalue weighted by Gasteiger charge is -2.20. The Labute approximate surface area is 399 Å². The van der Waals surface area contributed by atoms with E-state index in [1.54, 1.807) is 6.08 Å². The maximum Gasteiger partial charge on any atom is 0.305 e. The Morgan fingerprint density at radius 1 is 0.422 bits per heavy atom. The zero-order chi connectivity index (χ0) is 46.5. The Bertz CT molecular complexity index is 997. The number of aliphatic hydroxyl groups excluding tert-OH is 2. The van der Waals surface area contributed by atoms with Gasteiger partial charge in [-0.3, -0.25) is 9.59 Å². The number of carbonyl (C=O) groups is 2. The Hall–Kier alpha value is -1.66. The Morgan fingerprint density at radius 3 is 1.11 bits per heavy atom. The Kier molecular flexibility index (Phi) is 52.6. The van der Waals surface area contributed by atoms with Gasteiger partial charge in [0.2, 0.25) is 5.91 Å². The van der Waals surface area contributed by atoms with Gasteiger partial charge in [-0.25, -0.2) is 0 Å². The number of allylic oxidation sites excluding steroid dienone is 3. The van der Waals surface area contributed by atoms with Crippen LogP contribution in [0.5, 0.6) is 0 Å². The SMILES string of the molecule is CCCCCCCCC/C=C\CCCCCCCCCC(=O)OCCCCCCCCCCCCCCCCCCCCCCC(=O)NC(CO)C(O)/C=C/CCCCCCCCC. The fourth-order valence-electron chi connectivity index (χ4n) is 8.81. The van der Waals surface area contributed by atoms with Gasteiger partial charge in [-0.15, -0.1) is 0 Å². The van der Waals surface area contributed by atoms with E-state index in [2.05, 4.69) is 31.3 Å². The van der Waals surface area contributed by atoms with Crippen molar-refractivity contribution in [2.45, 2.75) is 321 Å². The van der Waals surface area contributed by atoms with Crippen LogP contribution < -0.4 is 5.32 Å². The summed E-state index contributed by atoms with van der Waals surface area (Å²) in [6, 6.07) is -0.627. The molecule has 2 atom stereocenters. The first-order chi connectivity index (χ1) is 31.5. The van der Waals surface area contributed by atoms with E-state index in [1.165, 1.54) is 238 Å². The summed E-state index contributed by atoms with van der Waals surface area (Å²) in [5, 5.41) is 22.9. The zero-order valence-corrected chi connectivity index (χ0v) is 43.0. The van der Waals surface area contributed by atoms with Crippen LogP contribution in [0.1, 0.15) is 309 Å². The topological polar surface area (TPSA) is 95.9 Å². The normalized spacial score (nSPS) is 12.8. The molecule has 6 nitrogen and oxygen atoms in total. The zero-order valence-electron chi connectivity index (χ0n) is 43.0. The molecule has 6 heteroatoms. The molecule has 0 saturated heterocycles. The molecule has 0 bridgehead atoms. The second-order valence-electron chi connectivity index (χ2n) is 19.6. The molecule has 0 fully saturated rings. The summed E-state index contributed by atoms with van der Waals surface area (Å²) in [5.41, 5.74) is 0. The minimum atomic E-state index is -0.843. The van der Waals surface area contributed by atoms with Crippen molar-refractivity contribution in [3.63, 3.8) is 0 Å². The van der Waals surface area contributed by atoms with Crippen molar-refractivity contribution in [2.24, 2.45) is 0 Å². The van der Waals surface area contributed by atoms with Crippen LogP contribution in [-0.2, 0) is 14.3 Å². The maximum atomic E-state index is 12.4. The van der Waals surface area contributed by atoms with Gasteiger partial charge in [-0.1, -0.05) is 263 Å². The van der Waals surface area contributed by atoms with Crippen LogP contribution in [0.25, 0.3) is 0 Å². The van der Waals surface area contributed by atoms with Crippen molar-refractivity contribution in [1.82, 2.24) is 5.32 Å². The van der Waals surface area contributed by atoms with Crippen molar-refractivity contribution in [1.29, 1.82) is 0 Å². The fourth-order valence-corrected chi connectivity index (χ4v) is 8.81. The number of hydrogen-bond acceptors (Lipinski definition) is 5. The van der Waals surface area contributed by atoms with Gasteiger partial charge >= 0.3 is 5.97 Å². The van der Waals surface area contributed by atoms with Gasteiger partial charge in [0.05, 0.1) is 25.4 Å². The first kappa shape index (κ1) is 62.3. The highest BCUT2D eigenvalue weighted by molar-refractivity contribution is 5.76. The lowest BCUT2D eigenvalue weighted by Crippen LogP contribution is -2.45. The van der Waals surface area contributed by atoms with Crippen molar-refractivity contribution in [2.75, 3.05) is 13.2 Å². The lowest BCUT2D eigenvalue weighted by atomic mass is 10.0. The Morgan fingerprint density at radius 2 is 0.734 bits per heavy atom. The summed E-state index contributed by atoms with van der Waals surface area (Å²) in [6.45, 7) is 4.88. The summed E-state index contributed by atoms with van der Waals surface area (Å²) in [6.07, 6.45) is 65.0. The largest absolute Gasteiger partial charge is 0.466 e. The highest BCUT2D eigenvalue weighted by Crippen LogP contribution is 2.17. The van der Waals surface area contributed by atoms with Crippen molar-refractivity contribution < 1.29 is 24.5 Å². The number of carbonyl (C=O) groups excluding carboxylic acids is 2. The molecule has 0 aliphatic rings. The molecule has 0 aromatic heterocycles. The number of nitrogens with one attached hydrogen (secondary N) is 1. The van der Waals surface area contributed by atoms with Gasteiger partial charge in [-0.05, 0) is 57.8 Å². The third-order valence-electron chi connectivity index (χ3n) is 13.2. The summed E-state index contributed by atoms with van der Waals surface area (Å²) in [5.74, 6) is -0.0654. The van der Waals surface area contributed by atoms with Crippen LogP contribution in [0.15, 0.2) is 24.3 Å². The van der Waals surface area contributed by atoms with Crippen LogP contribution in [0.4, 0.5) is 0 Å². The second kappa shape index (κ2) is 54.0. The predicted octanol–water partition coefficient (Wildman–Crippen LogP) is 17.5. The van der Waals surface area contributed by atoms with Crippen molar-refractivity contribution in [3.8, 4) is 0 Å². The average Bonchev–Trinajstić information content (AvgIpc) is 3.29. The molecule has 1 amide bonds. The van der Waals surface area contributed by atoms with Crippen molar-refractivity contribution in [3.05, 3.63) is 24.3 Å². The number of rotatable bonds is 53. The summed E-state index contributed by atoms with van der Waals surface area (Å²) >= 11 is 0. The van der Waals surface area contributed by atoms with Gasteiger partial charge in [0, 0.05) is 12.8 Å². The molecule has 0 heterocycles. The van der Waals surface area contributed by atoms with E-state index in [0.29, 0.717) is 19.4 Å². The van der Waals surface area contributed by atoms with Crippen molar-refractivity contribution >= 4 is 11.9 Å². The summed E-state index contributed by atoms with van der Waals surface area (Å²) in [7, 11) is 0. The second-order valence-corrected chi connectivity index (χ2v) is 19.6. The van der Waals surface area contributed by atoms with E-state index < -0.39 is 12.1 Å². The molecule has 0 aromatic rings. The quantitative estimate of drug-likeness (QED) is 0.0321. The number of ether oxygens (including phenoxy) is 1. The van der Waals surface area contributed by atoms with E-state index in [9.17, 15) is 19.8 Å². The van der Waals surface area contributed by atoms with E-state index in [-0.39, 0.29) is 18.5 Å². The number of esters is 1. The summed E-state index contributed by atoms with van der Waals surface area (Å²) in [4.78, 5) is 24.5. The van der Waals surface area contributed by atoms with E-state index in [4.69, 9.17) is 4.74 Å². The number of hydrogen-bond donors (Lipinski definition) is 3. The first-order valence-electron chi connectivity index (χ1n) is 28.6. The smallest absolute Gasteiger partial charge is 0.305 e.